The lowest BCUT2D eigenvalue weighted by Gasteiger charge is -2.11. The van der Waals surface area contributed by atoms with Crippen LogP contribution in [0.25, 0.3) is 0 Å². The second-order valence-electron chi connectivity index (χ2n) is 3.23. The van der Waals surface area contributed by atoms with Crippen molar-refractivity contribution in [2.75, 3.05) is 0 Å². The van der Waals surface area contributed by atoms with Crippen molar-refractivity contribution in [1.82, 2.24) is 0 Å². The van der Waals surface area contributed by atoms with Gasteiger partial charge in [0.05, 0.1) is 12.0 Å². The molecule has 0 fully saturated rings. The van der Waals surface area contributed by atoms with E-state index in [2.05, 4.69) is 0 Å². The average Bonchev–Trinajstić information content (AvgIpc) is 1.99. The number of aliphatic carboxylic acids is 1. The summed E-state index contributed by atoms with van der Waals surface area (Å²) in [6, 6.07) is 3.47. The number of hydrogen-bond donors (Lipinski definition) is 1. The molecule has 1 N–H and O–H groups in total. The quantitative estimate of drug-likeness (QED) is 0.828. The highest BCUT2D eigenvalue weighted by Crippen LogP contribution is 2.32. The molecule has 0 aliphatic heterocycles. The normalized spacial score (nSPS) is 11.5. The predicted molar refractivity (Wildman–Crippen MR) is 47.5 cm³/mol. The van der Waals surface area contributed by atoms with Crippen LogP contribution in [0.5, 0.6) is 0 Å². The fourth-order valence-electron chi connectivity index (χ4n) is 1.31. The van der Waals surface area contributed by atoms with Gasteiger partial charge >= 0.3 is 12.1 Å². The zero-order valence-electron chi connectivity index (χ0n) is 7.93. The van der Waals surface area contributed by atoms with E-state index in [4.69, 9.17) is 5.11 Å². The van der Waals surface area contributed by atoms with E-state index in [0.717, 1.165) is 6.07 Å². The van der Waals surface area contributed by atoms with Crippen molar-refractivity contribution in [3.8, 4) is 0 Å². The summed E-state index contributed by atoms with van der Waals surface area (Å²) in [4.78, 5) is 10.4. The second kappa shape index (κ2) is 3.92. The van der Waals surface area contributed by atoms with Crippen LogP contribution in [0.1, 0.15) is 16.7 Å². The van der Waals surface area contributed by atoms with Crippen LogP contribution in [0.3, 0.4) is 0 Å². The maximum absolute atomic E-state index is 12.4. The van der Waals surface area contributed by atoms with E-state index < -0.39 is 24.1 Å². The van der Waals surface area contributed by atoms with E-state index in [-0.39, 0.29) is 5.56 Å². The molecular weight excluding hydrogens is 209 g/mol. The molecule has 0 atom stereocenters. The summed E-state index contributed by atoms with van der Waals surface area (Å²) in [5.41, 5.74) is -0.468. The van der Waals surface area contributed by atoms with E-state index in [1.165, 1.54) is 12.1 Å². The van der Waals surface area contributed by atoms with Crippen LogP contribution < -0.4 is 0 Å². The molecule has 82 valence electrons. The minimum Gasteiger partial charge on any atom is -0.481 e. The van der Waals surface area contributed by atoms with Gasteiger partial charge < -0.3 is 5.11 Å². The van der Waals surface area contributed by atoms with Crippen LogP contribution in [-0.2, 0) is 17.4 Å². The summed E-state index contributed by atoms with van der Waals surface area (Å²) in [5.74, 6) is -1.27. The van der Waals surface area contributed by atoms with Crippen LogP contribution >= 0.6 is 0 Å². The number of aryl methyl sites for hydroxylation is 1. The number of carboxylic acid groups (broad SMARTS) is 1. The largest absolute Gasteiger partial charge is 0.481 e. The maximum Gasteiger partial charge on any atom is 0.416 e. The van der Waals surface area contributed by atoms with Crippen molar-refractivity contribution in [1.29, 1.82) is 0 Å². The highest BCUT2D eigenvalue weighted by atomic mass is 19.4. The van der Waals surface area contributed by atoms with E-state index in [9.17, 15) is 18.0 Å². The Kier molecular flexibility index (Phi) is 3.02. The summed E-state index contributed by atoms with van der Waals surface area (Å²) in [6.45, 7) is 1.62. The Bertz CT molecular complexity index is 383. The minimum atomic E-state index is -4.50. The van der Waals surface area contributed by atoms with Crippen molar-refractivity contribution >= 4 is 5.97 Å². The number of hydrogen-bond acceptors (Lipinski definition) is 1. The molecule has 0 radical (unpaired) electrons. The highest BCUT2D eigenvalue weighted by Gasteiger charge is 2.33. The van der Waals surface area contributed by atoms with Gasteiger partial charge in [0.15, 0.2) is 0 Å². The van der Waals surface area contributed by atoms with Gasteiger partial charge in [0.2, 0.25) is 0 Å². The average molecular weight is 218 g/mol. The lowest BCUT2D eigenvalue weighted by Crippen LogP contribution is -2.12. The molecule has 0 aromatic heterocycles. The zero-order valence-corrected chi connectivity index (χ0v) is 7.93. The van der Waals surface area contributed by atoms with Gasteiger partial charge in [-0.25, -0.2) is 0 Å². The molecule has 1 rings (SSSR count). The zero-order chi connectivity index (χ0) is 11.6. The number of alkyl halides is 3. The first-order valence-electron chi connectivity index (χ1n) is 4.19. The standard InChI is InChI=1S/C10H9F3O2/c1-6-2-3-8(10(11,12)13)7(4-6)5-9(14)15/h2-4H,5H2,1H3,(H,14,15). The van der Waals surface area contributed by atoms with Crippen molar-refractivity contribution in [3.05, 3.63) is 34.9 Å². The summed E-state index contributed by atoms with van der Waals surface area (Å²) in [6.07, 6.45) is -5.12. The molecule has 0 bridgehead atoms. The Hall–Kier alpha value is -1.52. The van der Waals surface area contributed by atoms with Gasteiger partial charge in [-0.2, -0.15) is 13.2 Å². The van der Waals surface area contributed by atoms with Gasteiger partial charge in [-0.3, -0.25) is 4.79 Å². The molecular formula is C10H9F3O2. The molecule has 2 nitrogen and oxygen atoms in total. The Morgan fingerprint density at radius 1 is 1.40 bits per heavy atom. The van der Waals surface area contributed by atoms with Crippen LogP contribution in [0, 0.1) is 6.92 Å². The van der Waals surface area contributed by atoms with Crippen molar-refractivity contribution in [2.45, 2.75) is 19.5 Å². The summed E-state index contributed by atoms with van der Waals surface area (Å²) >= 11 is 0. The third kappa shape index (κ3) is 2.97. The number of halogens is 3. The SMILES string of the molecule is Cc1ccc(C(F)(F)F)c(CC(=O)O)c1. The first-order chi connectivity index (χ1) is 6.80. The third-order valence-electron chi connectivity index (χ3n) is 1.91. The molecule has 0 amide bonds. The van der Waals surface area contributed by atoms with Crippen molar-refractivity contribution in [3.63, 3.8) is 0 Å². The third-order valence-corrected chi connectivity index (χ3v) is 1.91. The Labute approximate surface area is 84.3 Å². The maximum atomic E-state index is 12.4. The second-order valence-corrected chi connectivity index (χ2v) is 3.23. The Morgan fingerprint density at radius 2 is 2.00 bits per heavy atom. The van der Waals surface area contributed by atoms with Gasteiger partial charge in [0.25, 0.3) is 0 Å². The topological polar surface area (TPSA) is 37.3 Å². The van der Waals surface area contributed by atoms with E-state index in [0.29, 0.717) is 5.56 Å². The molecule has 0 aliphatic rings. The minimum absolute atomic E-state index is 0.199. The predicted octanol–water partition coefficient (Wildman–Crippen LogP) is 2.64. The number of rotatable bonds is 2. The molecule has 0 unspecified atom stereocenters. The first kappa shape index (κ1) is 11.6. The molecule has 1 aromatic carbocycles. The molecule has 5 heteroatoms. The Balaban J connectivity index is 3.20. The fourth-order valence-corrected chi connectivity index (χ4v) is 1.31. The molecule has 1 aromatic rings. The van der Waals surface area contributed by atoms with Crippen LogP contribution in [-0.4, -0.2) is 11.1 Å². The summed E-state index contributed by atoms with van der Waals surface area (Å²) < 4.78 is 37.3. The van der Waals surface area contributed by atoms with Crippen molar-refractivity contribution in [2.24, 2.45) is 0 Å². The molecule has 0 aliphatic carbocycles. The van der Waals surface area contributed by atoms with Gasteiger partial charge in [-0.1, -0.05) is 17.7 Å². The molecule has 15 heavy (non-hydrogen) atoms. The van der Waals surface area contributed by atoms with E-state index in [1.807, 2.05) is 0 Å². The van der Waals surface area contributed by atoms with Crippen molar-refractivity contribution < 1.29 is 23.1 Å². The smallest absolute Gasteiger partial charge is 0.416 e. The lowest BCUT2D eigenvalue weighted by atomic mass is 10.0. The van der Waals surface area contributed by atoms with E-state index in [1.54, 1.807) is 6.92 Å². The summed E-state index contributed by atoms with van der Waals surface area (Å²) in [5, 5.41) is 8.48. The lowest BCUT2D eigenvalue weighted by molar-refractivity contribution is -0.139. The Morgan fingerprint density at radius 3 is 2.47 bits per heavy atom. The van der Waals surface area contributed by atoms with Crippen LogP contribution in [0.2, 0.25) is 0 Å². The molecule has 0 saturated heterocycles. The van der Waals surface area contributed by atoms with Crippen LogP contribution in [0.4, 0.5) is 13.2 Å². The monoisotopic (exact) mass is 218 g/mol. The summed E-state index contributed by atoms with van der Waals surface area (Å²) in [7, 11) is 0. The first-order valence-corrected chi connectivity index (χ1v) is 4.19. The van der Waals surface area contributed by atoms with Gasteiger partial charge in [0, 0.05) is 0 Å². The van der Waals surface area contributed by atoms with Crippen LogP contribution in [0.15, 0.2) is 18.2 Å². The number of carbonyl (C=O) groups is 1. The van der Waals surface area contributed by atoms with E-state index >= 15 is 0 Å². The van der Waals surface area contributed by atoms with Gasteiger partial charge in [-0.05, 0) is 18.6 Å². The molecule has 0 saturated carbocycles. The van der Waals surface area contributed by atoms with Gasteiger partial charge in [0.1, 0.15) is 0 Å². The molecule has 0 heterocycles. The molecule has 0 spiro atoms. The fraction of sp³-hybridized carbons (Fsp3) is 0.300. The number of benzene rings is 1. The highest BCUT2D eigenvalue weighted by molar-refractivity contribution is 5.71. The van der Waals surface area contributed by atoms with Gasteiger partial charge in [-0.15, -0.1) is 0 Å². The number of carboxylic acids is 1.